The number of benzene rings is 1. The van der Waals surface area contributed by atoms with Crippen LogP contribution >= 0.6 is 0 Å². The van der Waals surface area contributed by atoms with E-state index in [1.54, 1.807) is 0 Å². The van der Waals surface area contributed by atoms with Crippen molar-refractivity contribution in [2.24, 2.45) is 0 Å². The van der Waals surface area contributed by atoms with Crippen molar-refractivity contribution >= 4 is 5.69 Å². The number of rotatable bonds is 0. The van der Waals surface area contributed by atoms with E-state index in [1.165, 1.54) is 0 Å². The van der Waals surface area contributed by atoms with E-state index in [9.17, 15) is 5.11 Å². The van der Waals surface area contributed by atoms with Crippen LogP contribution in [0.15, 0.2) is 24.3 Å². The largest absolute Gasteiger partial charge is 0.388 e. The number of aliphatic hydroxyl groups excluding tert-OH is 1. The van der Waals surface area contributed by atoms with Crippen molar-refractivity contribution in [3.8, 4) is 0 Å². The quantitative estimate of drug-likeness (QED) is 0.627. The third-order valence-corrected chi connectivity index (χ3v) is 2.44. The molecule has 1 aromatic carbocycles. The number of hydrogen-bond acceptors (Lipinski definition) is 2. The lowest BCUT2D eigenvalue weighted by atomic mass is 10.00. The predicted molar refractivity (Wildman–Crippen MR) is 49.3 cm³/mol. The predicted octanol–water partition coefficient (Wildman–Crippen LogP) is 1.56. The summed E-state index contributed by atoms with van der Waals surface area (Å²) in [6, 6.07) is 8.03. The molecule has 2 nitrogen and oxygen atoms in total. The van der Waals surface area contributed by atoms with Gasteiger partial charge >= 0.3 is 0 Å². The maximum absolute atomic E-state index is 9.65. The molecule has 0 aromatic heterocycles. The Morgan fingerprint density at radius 2 is 2.17 bits per heavy atom. The molecule has 1 aliphatic rings. The summed E-state index contributed by atoms with van der Waals surface area (Å²) in [4.78, 5) is 2.18. The van der Waals surface area contributed by atoms with E-state index < -0.39 is 0 Å². The zero-order valence-corrected chi connectivity index (χ0v) is 7.20. The third-order valence-electron chi connectivity index (χ3n) is 2.44. The topological polar surface area (TPSA) is 23.5 Å². The third kappa shape index (κ3) is 1.08. The molecule has 0 saturated carbocycles. The molecule has 1 aliphatic heterocycles. The van der Waals surface area contributed by atoms with Crippen LogP contribution in [-0.4, -0.2) is 18.7 Å². The van der Waals surface area contributed by atoms with Crippen molar-refractivity contribution in [2.75, 3.05) is 18.5 Å². The Balaban J connectivity index is 2.47. The van der Waals surface area contributed by atoms with Gasteiger partial charge in [-0.25, -0.2) is 0 Å². The minimum absolute atomic E-state index is 0.266. The number of anilines is 1. The van der Waals surface area contributed by atoms with Crippen molar-refractivity contribution in [2.45, 2.75) is 12.5 Å². The lowest BCUT2D eigenvalue weighted by molar-refractivity contribution is 0.165. The number of nitrogens with zero attached hydrogens (tertiary/aromatic N) is 1. The Labute approximate surface area is 72.4 Å². The molecule has 0 unspecified atom stereocenters. The van der Waals surface area contributed by atoms with Gasteiger partial charge in [-0.2, -0.15) is 0 Å². The van der Waals surface area contributed by atoms with Gasteiger partial charge in [-0.05, 0) is 12.5 Å². The molecule has 0 bridgehead atoms. The molecular weight excluding hydrogens is 150 g/mol. The minimum atomic E-state index is -0.266. The van der Waals surface area contributed by atoms with Gasteiger partial charge in [0, 0.05) is 24.8 Å². The van der Waals surface area contributed by atoms with E-state index in [-0.39, 0.29) is 6.10 Å². The summed E-state index contributed by atoms with van der Waals surface area (Å²) in [7, 11) is 2.06. The summed E-state index contributed by atoms with van der Waals surface area (Å²) in [6.07, 6.45) is 0.574. The van der Waals surface area contributed by atoms with Crippen molar-refractivity contribution in [3.63, 3.8) is 0 Å². The van der Waals surface area contributed by atoms with Crippen molar-refractivity contribution in [1.29, 1.82) is 0 Å². The summed E-state index contributed by atoms with van der Waals surface area (Å²) < 4.78 is 0. The van der Waals surface area contributed by atoms with Crippen molar-refractivity contribution in [1.82, 2.24) is 0 Å². The van der Waals surface area contributed by atoms with Gasteiger partial charge < -0.3 is 10.0 Å². The molecule has 0 amide bonds. The second-order valence-corrected chi connectivity index (χ2v) is 3.28. The van der Waals surface area contributed by atoms with E-state index in [1.807, 2.05) is 18.2 Å². The molecule has 1 N–H and O–H groups in total. The van der Waals surface area contributed by atoms with Crippen LogP contribution in [0, 0.1) is 0 Å². The Morgan fingerprint density at radius 1 is 1.42 bits per heavy atom. The highest BCUT2D eigenvalue weighted by molar-refractivity contribution is 5.55. The minimum Gasteiger partial charge on any atom is -0.388 e. The fraction of sp³-hybridized carbons (Fsp3) is 0.400. The lowest BCUT2D eigenvalue weighted by Gasteiger charge is -2.30. The van der Waals surface area contributed by atoms with E-state index in [0.29, 0.717) is 0 Å². The summed E-state index contributed by atoms with van der Waals surface area (Å²) in [5.74, 6) is 0. The van der Waals surface area contributed by atoms with Crippen molar-refractivity contribution in [3.05, 3.63) is 29.8 Å². The van der Waals surface area contributed by atoms with E-state index in [0.717, 1.165) is 24.2 Å². The molecule has 0 saturated heterocycles. The van der Waals surface area contributed by atoms with Gasteiger partial charge in [0.05, 0.1) is 6.10 Å². The zero-order valence-electron chi connectivity index (χ0n) is 7.20. The fourth-order valence-corrected chi connectivity index (χ4v) is 1.71. The smallest absolute Gasteiger partial charge is 0.0826 e. The van der Waals surface area contributed by atoms with Gasteiger partial charge in [0.15, 0.2) is 0 Å². The van der Waals surface area contributed by atoms with Crippen molar-refractivity contribution < 1.29 is 5.11 Å². The summed E-state index contributed by atoms with van der Waals surface area (Å²) in [5.41, 5.74) is 2.22. The van der Waals surface area contributed by atoms with Crippen LogP contribution < -0.4 is 4.90 Å². The standard InChI is InChI=1S/C10H13NO/c1-11-7-6-10(12)8-4-2-3-5-9(8)11/h2-5,10,12H,6-7H2,1H3/t10-/m0/s1. The van der Waals surface area contributed by atoms with E-state index >= 15 is 0 Å². The van der Waals surface area contributed by atoms with Gasteiger partial charge in [-0.15, -0.1) is 0 Å². The molecule has 0 aliphatic carbocycles. The second-order valence-electron chi connectivity index (χ2n) is 3.28. The van der Waals surface area contributed by atoms with Gasteiger partial charge in [-0.1, -0.05) is 18.2 Å². The molecule has 12 heavy (non-hydrogen) atoms. The van der Waals surface area contributed by atoms with Crippen LogP contribution in [0.25, 0.3) is 0 Å². The fourth-order valence-electron chi connectivity index (χ4n) is 1.71. The van der Waals surface area contributed by atoms with E-state index in [2.05, 4.69) is 18.0 Å². The molecule has 1 aromatic rings. The zero-order chi connectivity index (χ0) is 8.55. The lowest BCUT2D eigenvalue weighted by Crippen LogP contribution is -2.26. The number of hydrogen-bond donors (Lipinski definition) is 1. The monoisotopic (exact) mass is 163 g/mol. The van der Waals surface area contributed by atoms with E-state index in [4.69, 9.17) is 0 Å². The van der Waals surface area contributed by atoms with Crippen LogP contribution in [0.3, 0.4) is 0 Å². The van der Waals surface area contributed by atoms with Gasteiger partial charge in [-0.3, -0.25) is 0 Å². The highest BCUT2D eigenvalue weighted by Crippen LogP contribution is 2.31. The van der Waals surface area contributed by atoms with Gasteiger partial charge in [0.25, 0.3) is 0 Å². The molecular formula is C10H13NO. The molecule has 0 radical (unpaired) electrons. The number of fused-ring (bicyclic) bond motifs is 1. The number of aliphatic hydroxyl groups is 1. The van der Waals surface area contributed by atoms with Crippen LogP contribution in [0.5, 0.6) is 0 Å². The Kier molecular flexibility index (Phi) is 1.77. The maximum Gasteiger partial charge on any atom is 0.0826 e. The SMILES string of the molecule is CN1CC[C@H](O)c2ccccc21. The first kappa shape index (κ1) is 7.62. The maximum atomic E-state index is 9.65. The highest BCUT2D eigenvalue weighted by atomic mass is 16.3. The molecule has 0 spiro atoms. The summed E-state index contributed by atoms with van der Waals surface area (Å²) >= 11 is 0. The molecule has 2 rings (SSSR count). The number of para-hydroxylation sites is 1. The van der Waals surface area contributed by atoms with Crippen LogP contribution in [-0.2, 0) is 0 Å². The van der Waals surface area contributed by atoms with Crippen LogP contribution in [0.1, 0.15) is 18.1 Å². The molecule has 64 valence electrons. The van der Waals surface area contributed by atoms with Crippen LogP contribution in [0.2, 0.25) is 0 Å². The van der Waals surface area contributed by atoms with Gasteiger partial charge in [0.1, 0.15) is 0 Å². The van der Waals surface area contributed by atoms with Crippen LogP contribution in [0.4, 0.5) is 5.69 Å². The van der Waals surface area contributed by atoms with Gasteiger partial charge in [0.2, 0.25) is 0 Å². The average molecular weight is 163 g/mol. The summed E-state index contributed by atoms with van der Waals surface area (Å²) in [5, 5.41) is 9.65. The Hall–Kier alpha value is -1.02. The normalized spacial score (nSPS) is 22.2. The molecule has 2 heteroatoms. The average Bonchev–Trinajstić information content (AvgIpc) is 2.12. The summed E-state index contributed by atoms with van der Waals surface area (Å²) in [6.45, 7) is 0.943. The Bertz CT molecular complexity index is 256. The first-order valence-electron chi connectivity index (χ1n) is 4.27. The molecule has 1 heterocycles. The molecule has 1 atom stereocenters. The highest BCUT2D eigenvalue weighted by Gasteiger charge is 2.19. The Morgan fingerprint density at radius 3 is 2.92 bits per heavy atom. The first-order chi connectivity index (χ1) is 5.79. The second kappa shape index (κ2) is 2.79. The first-order valence-corrected chi connectivity index (χ1v) is 4.27. The molecule has 0 fully saturated rings.